The summed E-state index contributed by atoms with van der Waals surface area (Å²) in [6.45, 7) is 2.28. The molecule has 0 bridgehead atoms. The number of benzene rings is 2. The van der Waals surface area contributed by atoms with Gasteiger partial charge in [0.15, 0.2) is 0 Å². The number of hydrogen-bond acceptors (Lipinski definition) is 4. The van der Waals surface area contributed by atoms with Crippen molar-refractivity contribution in [3.63, 3.8) is 0 Å². The number of sulfonamides is 1. The lowest BCUT2D eigenvalue weighted by Crippen LogP contribution is -2.38. The number of hydrogen-bond donors (Lipinski definition) is 0. The molecule has 1 aliphatic heterocycles. The average molecular weight is 373 g/mol. The maximum absolute atomic E-state index is 13.4. The number of aryl methyl sites for hydroxylation is 3. The molecule has 0 unspecified atom stereocenters. The molecule has 8 heteroatoms. The highest BCUT2D eigenvalue weighted by Crippen LogP contribution is 2.36. The molecule has 7 nitrogen and oxygen atoms in total. The molecule has 0 spiro atoms. The van der Waals surface area contributed by atoms with Crippen LogP contribution in [0.4, 0.5) is 5.69 Å². The molecule has 1 aromatic heterocycles. The number of rotatable bonds is 2. The van der Waals surface area contributed by atoms with Crippen molar-refractivity contribution in [1.29, 1.82) is 0 Å². The van der Waals surface area contributed by atoms with Crippen molar-refractivity contribution in [2.45, 2.75) is 11.8 Å². The topological polar surface area (TPSA) is 73.5 Å². The molecule has 2 aromatic carbocycles. The first kappa shape index (κ1) is 16.7. The summed E-state index contributed by atoms with van der Waals surface area (Å²) < 4.78 is 36.7. The van der Waals surface area contributed by atoms with Crippen molar-refractivity contribution in [1.82, 2.24) is 9.13 Å². The molecule has 0 saturated carbocycles. The largest absolute Gasteiger partial charge is 0.489 e. The quantitative estimate of drug-likeness (QED) is 0.686. The van der Waals surface area contributed by atoms with Crippen LogP contribution in [0, 0.1) is 6.92 Å². The highest BCUT2D eigenvalue weighted by molar-refractivity contribution is 7.93. The van der Waals surface area contributed by atoms with Gasteiger partial charge in [-0.3, -0.25) is 13.4 Å². The van der Waals surface area contributed by atoms with E-state index in [1.54, 1.807) is 51.4 Å². The van der Waals surface area contributed by atoms with Gasteiger partial charge < -0.3 is 4.74 Å². The maximum atomic E-state index is 13.4. The van der Waals surface area contributed by atoms with Crippen LogP contribution in [-0.2, 0) is 24.1 Å². The minimum atomic E-state index is -3.79. The summed E-state index contributed by atoms with van der Waals surface area (Å²) in [6.07, 6.45) is 0. The number of fused-ring (bicyclic) bond motifs is 2. The van der Waals surface area contributed by atoms with Gasteiger partial charge in [0.05, 0.1) is 28.2 Å². The van der Waals surface area contributed by atoms with Crippen LogP contribution in [0.5, 0.6) is 5.75 Å². The van der Waals surface area contributed by atoms with E-state index in [9.17, 15) is 13.2 Å². The zero-order valence-corrected chi connectivity index (χ0v) is 15.6. The zero-order chi connectivity index (χ0) is 18.6. The first-order chi connectivity index (χ1) is 12.3. The lowest BCUT2D eigenvalue weighted by molar-refractivity contribution is 0.316. The second-order valence-electron chi connectivity index (χ2n) is 6.40. The summed E-state index contributed by atoms with van der Waals surface area (Å²) in [5.41, 5.74) is 2.23. The standard InChI is InChI=1S/C18H19N3O4S/c1-12-10-14-15(20(3)18(22)19(14)2)11-17(12)26(23,24)21-8-9-25-16-7-5-4-6-13(16)21/h4-7,10-11H,8-9H2,1-3H3. The van der Waals surface area contributed by atoms with Crippen molar-refractivity contribution in [2.24, 2.45) is 14.1 Å². The number of aromatic nitrogens is 2. The lowest BCUT2D eigenvalue weighted by Gasteiger charge is -2.30. The van der Waals surface area contributed by atoms with Crippen LogP contribution in [0.2, 0.25) is 0 Å². The summed E-state index contributed by atoms with van der Waals surface area (Å²) in [7, 11) is -0.473. The highest BCUT2D eigenvalue weighted by Gasteiger charge is 2.31. The second-order valence-corrected chi connectivity index (χ2v) is 8.23. The van der Waals surface area contributed by atoms with Crippen LogP contribution >= 0.6 is 0 Å². The van der Waals surface area contributed by atoms with Crippen LogP contribution in [0.15, 0.2) is 46.1 Å². The fourth-order valence-electron chi connectivity index (χ4n) is 3.42. The van der Waals surface area contributed by atoms with Gasteiger partial charge in [-0.2, -0.15) is 0 Å². The van der Waals surface area contributed by atoms with Crippen LogP contribution in [0.3, 0.4) is 0 Å². The van der Waals surface area contributed by atoms with Crippen molar-refractivity contribution < 1.29 is 13.2 Å². The maximum Gasteiger partial charge on any atom is 0.328 e. The highest BCUT2D eigenvalue weighted by atomic mass is 32.2. The Bertz CT molecular complexity index is 1190. The van der Waals surface area contributed by atoms with Crippen molar-refractivity contribution in [3.05, 3.63) is 52.4 Å². The minimum Gasteiger partial charge on any atom is -0.489 e. The Balaban J connectivity index is 1.94. The fraction of sp³-hybridized carbons (Fsp3) is 0.278. The van der Waals surface area contributed by atoms with Gasteiger partial charge in [0.2, 0.25) is 0 Å². The van der Waals surface area contributed by atoms with Crippen LogP contribution < -0.4 is 14.7 Å². The molecule has 0 aliphatic carbocycles. The van der Waals surface area contributed by atoms with Gasteiger partial charge in [-0.15, -0.1) is 0 Å². The fourth-order valence-corrected chi connectivity index (χ4v) is 5.11. The van der Waals surface area contributed by atoms with Crippen LogP contribution in [0.25, 0.3) is 11.0 Å². The van der Waals surface area contributed by atoms with Gasteiger partial charge in [0, 0.05) is 14.1 Å². The molecule has 0 radical (unpaired) electrons. The molecule has 136 valence electrons. The van der Waals surface area contributed by atoms with E-state index >= 15 is 0 Å². The van der Waals surface area contributed by atoms with Gasteiger partial charge >= 0.3 is 5.69 Å². The lowest BCUT2D eigenvalue weighted by atomic mass is 10.2. The molecule has 26 heavy (non-hydrogen) atoms. The summed E-state index contributed by atoms with van der Waals surface area (Å²) in [4.78, 5) is 12.4. The number of anilines is 1. The van der Waals surface area contributed by atoms with E-state index in [0.717, 1.165) is 0 Å². The Hall–Kier alpha value is -2.74. The molecule has 0 saturated heterocycles. The molecule has 2 heterocycles. The third-order valence-electron chi connectivity index (χ3n) is 4.82. The average Bonchev–Trinajstić information content (AvgIpc) is 2.84. The number of imidazole rings is 1. The summed E-state index contributed by atoms with van der Waals surface area (Å²) in [6, 6.07) is 10.4. The summed E-state index contributed by atoms with van der Waals surface area (Å²) in [5, 5.41) is 0. The Morgan fingerprint density at radius 1 is 1.04 bits per heavy atom. The van der Waals surface area contributed by atoms with Gasteiger partial charge in [-0.05, 0) is 36.8 Å². The Morgan fingerprint density at radius 2 is 1.69 bits per heavy atom. The normalized spacial score (nSPS) is 14.3. The first-order valence-electron chi connectivity index (χ1n) is 8.23. The number of ether oxygens (including phenoxy) is 1. The smallest absolute Gasteiger partial charge is 0.328 e. The third kappa shape index (κ3) is 2.25. The first-order valence-corrected chi connectivity index (χ1v) is 9.67. The van der Waals surface area contributed by atoms with E-state index in [-0.39, 0.29) is 17.1 Å². The van der Waals surface area contributed by atoms with Crippen LogP contribution in [0.1, 0.15) is 5.56 Å². The zero-order valence-electron chi connectivity index (χ0n) is 14.8. The Morgan fingerprint density at radius 3 is 2.42 bits per heavy atom. The Kier molecular flexibility index (Phi) is 3.62. The third-order valence-corrected chi connectivity index (χ3v) is 6.78. The molecule has 0 amide bonds. The van der Waals surface area contributed by atoms with E-state index in [4.69, 9.17) is 4.74 Å². The molecule has 0 N–H and O–H groups in total. The number of nitrogens with zero attached hydrogens (tertiary/aromatic N) is 3. The molecule has 1 aliphatic rings. The molecule has 0 atom stereocenters. The monoisotopic (exact) mass is 373 g/mol. The van der Waals surface area contributed by atoms with E-state index in [1.165, 1.54) is 13.4 Å². The van der Waals surface area contributed by atoms with Gasteiger partial charge in [-0.25, -0.2) is 13.2 Å². The van der Waals surface area contributed by atoms with Crippen LogP contribution in [-0.4, -0.2) is 30.7 Å². The van der Waals surface area contributed by atoms with Crippen molar-refractivity contribution >= 4 is 26.7 Å². The van der Waals surface area contributed by atoms with E-state index in [2.05, 4.69) is 0 Å². The SMILES string of the molecule is Cc1cc2c(cc1S(=O)(=O)N1CCOc3ccccc31)n(C)c(=O)n2C. The van der Waals surface area contributed by atoms with E-state index in [1.807, 2.05) is 6.07 Å². The van der Waals surface area contributed by atoms with Gasteiger partial charge in [0.25, 0.3) is 10.0 Å². The molecule has 3 aromatic rings. The summed E-state index contributed by atoms with van der Waals surface area (Å²) >= 11 is 0. The van der Waals surface area contributed by atoms with E-state index in [0.29, 0.717) is 34.6 Å². The number of para-hydroxylation sites is 2. The van der Waals surface area contributed by atoms with Crippen molar-refractivity contribution in [2.75, 3.05) is 17.5 Å². The second kappa shape index (κ2) is 5.63. The van der Waals surface area contributed by atoms with E-state index < -0.39 is 10.0 Å². The van der Waals surface area contributed by atoms with Gasteiger partial charge in [-0.1, -0.05) is 12.1 Å². The van der Waals surface area contributed by atoms with Gasteiger partial charge in [0.1, 0.15) is 12.4 Å². The molecular formula is C18H19N3O4S. The van der Waals surface area contributed by atoms with Crippen molar-refractivity contribution in [3.8, 4) is 5.75 Å². The predicted octanol–water partition coefficient (Wildman–Crippen LogP) is 1.77. The predicted molar refractivity (Wildman–Crippen MR) is 99.4 cm³/mol. The Labute approximate surface area is 151 Å². The molecule has 4 rings (SSSR count). The molecular weight excluding hydrogens is 354 g/mol. The summed E-state index contributed by atoms with van der Waals surface area (Å²) in [5.74, 6) is 0.549. The minimum absolute atomic E-state index is 0.189. The molecule has 0 fully saturated rings.